The van der Waals surface area contributed by atoms with Crippen molar-refractivity contribution in [1.29, 1.82) is 0 Å². The third-order valence-electron chi connectivity index (χ3n) is 2.72. The number of nitrogens with zero attached hydrogens (tertiary/aromatic N) is 1. The molecule has 100 valence electrons. The molecule has 18 heavy (non-hydrogen) atoms. The largest absolute Gasteiger partial charge is 0.375 e. The maximum absolute atomic E-state index is 5.78. The third-order valence-corrected chi connectivity index (χ3v) is 2.72. The molecule has 0 amide bonds. The van der Waals surface area contributed by atoms with Crippen molar-refractivity contribution in [1.82, 2.24) is 5.32 Å². The lowest BCUT2D eigenvalue weighted by atomic mass is 10.1. The van der Waals surface area contributed by atoms with Crippen LogP contribution in [0.4, 0.5) is 0 Å². The van der Waals surface area contributed by atoms with Crippen LogP contribution in [0.25, 0.3) is 0 Å². The first-order valence-electron chi connectivity index (χ1n) is 6.39. The predicted octanol–water partition coefficient (Wildman–Crippen LogP) is 2.08. The highest BCUT2D eigenvalue weighted by molar-refractivity contribution is 5.77. The van der Waals surface area contributed by atoms with E-state index in [1.807, 2.05) is 30.3 Å². The quantitative estimate of drug-likeness (QED) is 0.442. The molecule has 0 aliphatic carbocycles. The average Bonchev–Trinajstić information content (AvgIpc) is 2.41. The fourth-order valence-corrected chi connectivity index (χ4v) is 1.61. The van der Waals surface area contributed by atoms with Crippen molar-refractivity contribution in [2.24, 2.45) is 10.7 Å². The van der Waals surface area contributed by atoms with E-state index in [2.05, 4.69) is 17.2 Å². The number of benzene rings is 1. The van der Waals surface area contributed by atoms with E-state index in [9.17, 15) is 0 Å². The summed E-state index contributed by atoms with van der Waals surface area (Å²) < 4.78 is 5.42. The van der Waals surface area contributed by atoms with E-state index in [-0.39, 0.29) is 6.10 Å². The van der Waals surface area contributed by atoms with Gasteiger partial charge in [0.05, 0.1) is 6.54 Å². The van der Waals surface area contributed by atoms with Gasteiger partial charge in [-0.1, -0.05) is 43.7 Å². The van der Waals surface area contributed by atoms with Gasteiger partial charge in [-0.15, -0.1) is 0 Å². The van der Waals surface area contributed by atoms with Crippen molar-refractivity contribution in [2.75, 3.05) is 20.2 Å². The zero-order chi connectivity index (χ0) is 13.2. The maximum Gasteiger partial charge on any atom is 0.188 e. The number of rotatable bonds is 7. The van der Waals surface area contributed by atoms with Crippen molar-refractivity contribution in [2.45, 2.75) is 25.9 Å². The van der Waals surface area contributed by atoms with Crippen molar-refractivity contribution in [3.05, 3.63) is 35.9 Å². The van der Waals surface area contributed by atoms with Crippen LogP contribution < -0.4 is 11.1 Å². The minimum atomic E-state index is -0.0438. The van der Waals surface area contributed by atoms with Gasteiger partial charge in [-0.25, -0.2) is 0 Å². The van der Waals surface area contributed by atoms with Gasteiger partial charge in [0.2, 0.25) is 0 Å². The summed E-state index contributed by atoms with van der Waals surface area (Å²) >= 11 is 0. The van der Waals surface area contributed by atoms with Crippen LogP contribution in [0, 0.1) is 0 Å². The molecule has 1 unspecified atom stereocenters. The molecule has 0 aliphatic heterocycles. The van der Waals surface area contributed by atoms with Crippen LogP contribution in [-0.4, -0.2) is 26.2 Å². The van der Waals surface area contributed by atoms with E-state index in [1.54, 1.807) is 7.11 Å². The summed E-state index contributed by atoms with van der Waals surface area (Å²) in [4.78, 5) is 4.30. The van der Waals surface area contributed by atoms with Gasteiger partial charge in [0.15, 0.2) is 5.96 Å². The van der Waals surface area contributed by atoms with Gasteiger partial charge in [-0.3, -0.25) is 4.99 Å². The Morgan fingerprint density at radius 3 is 2.72 bits per heavy atom. The first-order chi connectivity index (χ1) is 8.77. The van der Waals surface area contributed by atoms with Gasteiger partial charge in [0, 0.05) is 13.7 Å². The zero-order valence-electron chi connectivity index (χ0n) is 11.2. The SMILES string of the molecule is CCCCNC(N)=NCC(OC)c1ccccc1. The van der Waals surface area contributed by atoms with Crippen LogP contribution in [0.2, 0.25) is 0 Å². The number of unbranched alkanes of at least 4 members (excludes halogenated alkanes) is 1. The number of hydrogen-bond acceptors (Lipinski definition) is 2. The van der Waals surface area contributed by atoms with E-state index in [4.69, 9.17) is 10.5 Å². The highest BCUT2D eigenvalue weighted by Crippen LogP contribution is 2.15. The van der Waals surface area contributed by atoms with E-state index in [0.29, 0.717) is 12.5 Å². The Morgan fingerprint density at radius 2 is 2.11 bits per heavy atom. The normalized spacial score (nSPS) is 13.3. The summed E-state index contributed by atoms with van der Waals surface area (Å²) in [6, 6.07) is 10.0. The second-order valence-corrected chi connectivity index (χ2v) is 4.14. The molecule has 1 aromatic carbocycles. The van der Waals surface area contributed by atoms with Crippen molar-refractivity contribution >= 4 is 5.96 Å². The van der Waals surface area contributed by atoms with E-state index < -0.39 is 0 Å². The fourth-order valence-electron chi connectivity index (χ4n) is 1.61. The molecule has 1 atom stereocenters. The fraction of sp³-hybridized carbons (Fsp3) is 0.500. The lowest BCUT2D eigenvalue weighted by molar-refractivity contribution is 0.111. The first kappa shape index (κ1) is 14.5. The van der Waals surface area contributed by atoms with E-state index in [0.717, 1.165) is 24.9 Å². The van der Waals surface area contributed by atoms with Gasteiger partial charge in [-0.05, 0) is 12.0 Å². The molecule has 0 saturated carbocycles. The molecule has 0 saturated heterocycles. The number of guanidine groups is 1. The van der Waals surface area contributed by atoms with Crippen LogP contribution in [0.1, 0.15) is 31.4 Å². The average molecular weight is 249 g/mol. The molecule has 0 aliphatic rings. The predicted molar refractivity (Wildman–Crippen MR) is 75.6 cm³/mol. The summed E-state index contributed by atoms with van der Waals surface area (Å²) in [7, 11) is 1.69. The second-order valence-electron chi connectivity index (χ2n) is 4.14. The van der Waals surface area contributed by atoms with Crippen molar-refractivity contribution in [3.8, 4) is 0 Å². The molecule has 1 rings (SSSR count). The second kappa shape index (κ2) is 8.53. The number of methoxy groups -OCH3 is 1. The van der Waals surface area contributed by atoms with Gasteiger partial charge in [-0.2, -0.15) is 0 Å². The van der Waals surface area contributed by atoms with Gasteiger partial charge < -0.3 is 15.8 Å². The Morgan fingerprint density at radius 1 is 1.39 bits per heavy atom. The van der Waals surface area contributed by atoms with Crippen molar-refractivity contribution in [3.63, 3.8) is 0 Å². The van der Waals surface area contributed by atoms with Crippen LogP contribution in [0.5, 0.6) is 0 Å². The van der Waals surface area contributed by atoms with Crippen molar-refractivity contribution < 1.29 is 4.74 Å². The summed E-state index contributed by atoms with van der Waals surface area (Å²) in [6.45, 7) is 3.55. The number of aliphatic imine (C=N–C) groups is 1. The van der Waals surface area contributed by atoms with E-state index >= 15 is 0 Å². The van der Waals surface area contributed by atoms with Crippen LogP contribution in [0.15, 0.2) is 35.3 Å². The molecule has 0 fully saturated rings. The topological polar surface area (TPSA) is 59.6 Å². The molecule has 1 aromatic rings. The molecule has 0 heterocycles. The number of ether oxygens (including phenoxy) is 1. The Balaban J connectivity index is 2.46. The Kier molecular flexibility index (Phi) is 6.87. The molecule has 0 bridgehead atoms. The zero-order valence-corrected chi connectivity index (χ0v) is 11.2. The Labute approximate surface area is 109 Å². The lowest BCUT2D eigenvalue weighted by Crippen LogP contribution is -2.32. The number of hydrogen-bond donors (Lipinski definition) is 2. The molecular formula is C14H23N3O. The monoisotopic (exact) mass is 249 g/mol. The molecule has 0 aromatic heterocycles. The molecule has 0 spiro atoms. The van der Waals surface area contributed by atoms with Crippen LogP contribution in [-0.2, 0) is 4.74 Å². The summed E-state index contributed by atoms with van der Waals surface area (Å²) in [5.74, 6) is 0.487. The number of nitrogens with one attached hydrogen (secondary N) is 1. The van der Waals surface area contributed by atoms with Gasteiger partial charge >= 0.3 is 0 Å². The first-order valence-corrected chi connectivity index (χ1v) is 6.39. The molecule has 0 radical (unpaired) electrons. The Bertz CT molecular complexity index is 351. The van der Waals surface area contributed by atoms with Gasteiger partial charge in [0.25, 0.3) is 0 Å². The standard InChI is InChI=1S/C14H23N3O/c1-3-4-10-16-14(15)17-11-13(18-2)12-8-6-5-7-9-12/h5-9,13H,3-4,10-11H2,1-2H3,(H3,15,16,17). The maximum atomic E-state index is 5.78. The third kappa shape index (κ3) is 5.19. The molecule has 4 nitrogen and oxygen atoms in total. The summed E-state index contributed by atoms with van der Waals surface area (Å²) in [6.07, 6.45) is 2.20. The molecule has 4 heteroatoms. The highest BCUT2D eigenvalue weighted by Gasteiger charge is 2.08. The smallest absolute Gasteiger partial charge is 0.188 e. The minimum Gasteiger partial charge on any atom is -0.375 e. The van der Waals surface area contributed by atoms with Crippen LogP contribution >= 0.6 is 0 Å². The summed E-state index contributed by atoms with van der Waals surface area (Å²) in [5, 5.41) is 3.09. The lowest BCUT2D eigenvalue weighted by Gasteiger charge is -2.13. The summed E-state index contributed by atoms with van der Waals surface area (Å²) in [5.41, 5.74) is 6.89. The molecule has 3 N–H and O–H groups in total. The van der Waals surface area contributed by atoms with E-state index in [1.165, 1.54) is 0 Å². The molecular weight excluding hydrogens is 226 g/mol. The number of nitrogens with two attached hydrogens (primary N) is 1. The Hall–Kier alpha value is -1.55. The highest BCUT2D eigenvalue weighted by atomic mass is 16.5. The minimum absolute atomic E-state index is 0.0438. The van der Waals surface area contributed by atoms with Gasteiger partial charge in [0.1, 0.15) is 6.10 Å². The van der Waals surface area contributed by atoms with Crippen LogP contribution in [0.3, 0.4) is 0 Å².